The Morgan fingerprint density at radius 3 is 2.11 bits per heavy atom. The van der Waals surface area contributed by atoms with Crippen molar-refractivity contribution in [2.75, 3.05) is 34.2 Å². The lowest BCUT2D eigenvalue weighted by Crippen LogP contribution is -2.48. The van der Waals surface area contributed by atoms with E-state index in [0.29, 0.717) is 13.0 Å². The zero-order valence-corrected chi connectivity index (χ0v) is 11.9. The highest BCUT2D eigenvalue weighted by molar-refractivity contribution is 5.82. The Morgan fingerprint density at radius 2 is 1.72 bits per heavy atom. The molecule has 0 saturated carbocycles. The van der Waals surface area contributed by atoms with Gasteiger partial charge in [-0.2, -0.15) is 0 Å². The van der Waals surface area contributed by atoms with Crippen LogP contribution in [0.3, 0.4) is 0 Å². The third-order valence-corrected chi connectivity index (χ3v) is 2.53. The van der Waals surface area contributed by atoms with E-state index >= 15 is 0 Å². The van der Waals surface area contributed by atoms with E-state index in [1.807, 2.05) is 32.8 Å². The van der Waals surface area contributed by atoms with Crippen LogP contribution in [0.1, 0.15) is 20.3 Å². The lowest BCUT2D eigenvalue weighted by molar-refractivity contribution is -0.139. The summed E-state index contributed by atoms with van der Waals surface area (Å²) in [7, 11) is 5.50. The van der Waals surface area contributed by atoms with Crippen LogP contribution < -0.4 is 5.32 Å². The molecule has 0 spiro atoms. The number of likely N-dealkylation sites (N-methyl/N-ethyl adjacent to an activating group) is 2. The van der Waals surface area contributed by atoms with E-state index in [1.54, 1.807) is 7.05 Å². The van der Waals surface area contributed by atoms with E-state index in [1.165, 1.54) is 4.90 Å². The highest BCUT2D eigenvalue weighted by Gasteiger charge is 2.22. The van der Waals surface area contributed by atoms with Crippen molar-refractivity contribution in [1.29, 1.82) is 0 Å². The van der Waals surface area contributed by atoms with Crippen molar-refractivity contribution in [3.8, 4) is 0 Å². The number of carboxylic acid groups (broad SMARTS) is 1. The van der Waals surface area contributed by atoms with Gasteiger partial charge in [-0.25, -0.2) is 9.59 Å². The van der Waals surface area contributed by atoms with E-state index < -0.39 is 12.0 Å². The molecule has 0 fully saturated rings. The number of nitrogens with one attached hydrogen (secondary N) is 1. The average Bonchev–Trinajstić information content (AvgIpc) is 2.23. The van der Waals surface area contributed by atoms with Gasteiger partial charge in [0.05, 0.1) is 0 Å². The van der Waals surface area contributed by atoms with Crippen molar-refractivity contribution in [1.82, 2.24) is 15.1 Å². The first-order valence-corrected chi connectivity index (χ1v) is 6.13. The van der Waals surface area contributed by atoms with Gasteiger partial charge in [0, 0.05) is 20.1 Å². The van der Waals surface area contributed by atoms with E-state index in [0.717, 1.165) is 6.54 Å². The van der Waals surface area contributed by atoms with Crippen LogP contribution in [0, 0.1) is 5.92 Å². The van der Waals surface area contributed by atoms with Crippen LogP contribution in [0.2, 0.25) is 0 Å². The summed E-state index contributed by atoms with van der Waals surface area (Å²) in [6, 6.07) is -1.16. The van der Waals surface area contributed by atoms with Gasteiger partial charge in [0.2, 0.25) is 0 Å². The van der Waals surface area contributed by atoms with Gasteiger partial charge in [-0.1, -0.05) is 13.8 Å². The first kappa shape index (κ1) is 16.7. The fourth-order valence-corrected chi connectivity index (χ4v) is 1.40. The van der Waals surface area contributed by atoms with Crippen LogP contribution in [0.25, 0.3) is 0 Å². The summed E-state index contributed by atoms with van der Waals surface area (Å²) in [5.41, 5.74) is 0. The molecule has 0 aromatic carbocycles. The predicted octanol–water partition coefficient (Wildman–Crippen LogP) is 0.689. The molecule has 106 valence electrons. The highest BCUT2D eigenvalue weighted by atomic mass is 16.4. The van der Waals surface area contributed by atoms with Crippen molar-refractivity contribution in [3.63, 3.8) is 0 Å². The monoisotopic (exact) mass is 259 g/mol. The molecule has 6 nitrogen and oxygen atoms in total. The molecule has 0 aliphatic carbocycles. The molecule has 0 heterocycles. The number of rotatable bonds is 7. The largest absolute Gasteiger partial charge is 0.480 e. The molecular weight excluding hydrogens is 234 g/mol. The number of hydrogen-bond donors (Lipinski definition) is 2. The molecule has 6 heteroatoms. The van der Waals surface area contributed by atoms with Gasteiger partial charge in [0.25, 0.3) is 0 Å². The zero-order valence-electron chi connectivity index (χ0n) is 11.9. The molecule has 0 aliphatic rings. The van der Waals surface area contributed by atoms with Crippen LogP contribution in [0.4, 0.5) is 4.79 Å². The fourth-order valence-electron chi connectivity index (χ4n) is 1.40. The molecule has 0 saturated heterocycles. The first-order chi connectivity index (χ1) is 8.23. The van der Waals surface area contributed by atoms with Gasteiger partial charge < -0.3 is 20.2 Å². The summed E-state index contributed by atoms with van der Waals surface area (Å²) in [5.74, 6) is -0.767. The number of hydrogen-bond acceptors (Lipinski definition) is 3. The van der Waals surface area contributed by atoms with Gasteiger partial charge in [-0.05, 0) is 26.4 Å². The second kappa shape index (κ2) is 7.92. The van der Waals surface area contributed by atoms with E-state index in [2.05, 4.69) is 5.32 Å². The molecule has 0 rings (SSSR count). The fraction of sp³-hybridized carbons (Fsp3) is 0.833. The second-order valence-corrected chi connectivity index (χ2v) is 5.19. The molecule has 0 aromatic rings. The quantitative estimate of drug-likeness (QED) is 0.705. The normalized spacial score (nSPS) is 12.6. The highest BCUT2D eigenvalue weighted by Crippen LogP contribution is 2.05. The molecule has 2 amide bonds. The molecule has 18 heavy (non-hydrogen) atoms. The van der Waals surface area contributed by atoms with Crippen molar-refractivity contribution in [3.05, 3.63) is 0 Å². The summed E-state index contributed by atoms with van der Waals surface area (Å²) < 4.78 is 0. The van der Waals surface area contributed by atoms with Crippen LogP contribution in [-0.4, -0.2) is 67.2 Å². The molecule has 1 atom stereocenters. The number of carbonyl (C=O) groups is 2. The summed E-state index contributed by atoms with van der Waals surface area (Å²) in [6.45, 7) is 5.16. The number of carbonyl (C=O) groups excluding carboxylic acids is 1. The molecule has 0 bridgehead atoms. The molecule has 0 aliphatic heterocycles. The van der Waals surface area contributed by atoms with E-state index in [-0.39, 0.29) is 11.9 Å². The van der Waals surface area contributed by atoms with Crippen molar-refractivity contribution in [2.24, 2.45) is 5.92 Å². The van der Waals surface area contributed by atoms with Gasteiger partial charge in [-0.15, -0.1) is 0 Å². The van der Waals surface area contributed by atoms with Crippen molar-refractivity contribution >= 4 is 12.0 Å². The van der Waals surface area contributed by atoms with Gasteiger partial charge in [0.15, 0.2) is 0 Å². The maximum atomic E-state index is 11.8. The molecule has 0 unspecified atom stereocenters. The minimum absolute atomic E-state index is 0.221. The van der Waals surface area contributed by atoms with E-state index in [9.17, 15) is 9.59 Å². The first-order valence-electron chi connectivity index (χ1n) is 6.13. The predicted molar refractivity (Wildman–Crippen MR) is 70.6 cm³/mol. The maximum Gasteiger partial charge on any atom is 0.326 e. The Labute approximate surface area is 109 Å². The summed E-state index contributed by atoms with van der Waals surface area (Å²) in [5, 5.41) is 11.6. The topological polar surface area (TPSA) is 72.9 Å². The third-order valence-electron chi connectivity index (χ3n) is 2.53. The maximum absolute atomic E-state index is 11.8. The summed E-state index contributed by atoms with van der Waals surface area (Å²) in [4.78, 5) is 26.3. The Bertz CT molecular complexity index is 280. The van der Waals surface area contributed by atoms with Crippen LogP contribution in [-0.2, 0) is 4.79 Å². The average molecular weight is 259 g/mol. The SMILES string of the molecule is CC(C)C[C@H](NC(=O)N(C)CCN(C)C)C(=O)O. The number of amides is 2. The standard InChI is InChI=1S/C12H25N3O3/c1-9(2)8-10(11(16)17)13-12(18)15(5)7-6-14(3)4/h9-10H,6-8H2,1-5H3,(H,13,18)(H,16,17)/t10-/m0/s1. The summed E-state index contributed by atoms with van der Waals surface area (Å²) in [6.07, 6.45) is 0.433. The lowest BCUT2D eigenvalue weighted by atomic mass is 10.0. The minimum Gasteiger partial charge on any atom is -0.480 e. The molecular formula is C12H25N3O3. The molecule has 2 N–H and O–H groups in total. The number of urea groups is 1. The molecule has 0 radical (unpaired) electrons. The van der Waals surface area contributed by atoms with Crippen LogP contribution in [0.5, 0.6) is 0 Å². The van der Waals surface area contributed by atoms with E-state index in [4.69, 9.17) is 5.11 Å². The number of carboxylic acids is 1. The lowest BCUT2D eigenvalue weighted by Gasteiger charge is -2.23. The van der Waals surface area contributed by atoms with Gasteiger partial charge in [-0.3, -0.25) is 0 Å². The van der Waals surface area contributed by atoms with Crippen molar-refractivity contribution < 1.29 is 14.7 Å². The third kappa shape index (κ3) is 7.11. The zero-order chi connectivity index (χ0) is 14.3. The van der Waals surface area contributed by atoms with Gasteiger partial charge >= 0.3 is 12.0 Å². The Morgan fingerprint density at radius 1 is 1.17 bits per heavy atom. The van der Waals surface area contributed by atoms with Gasteiger partial charge in [0.1, 0.15) is 6.04 Å². The van der Waals surface area contributed by atoms with Crippen molar-refractivity contribution in [2.45, 2.75) is 26.3 Å². The van der Waals surface area contributed by atoms with Crippen LogP contribution >= 0.6 is 0 Å². The Hall–Kier alpha value is -1.30. The van der Waals surface area contributed by atoms with Crippen LogP contribution in [0.15, 0.2) is 0 Å². The number of nitrogens with zero attached hydrogens (tertiary/aromatic N) is 2. The Balaban J connectivity index is 4.27. The minimum atomic E-state index is -0.988. The smallest absolute Gasteiger partial charge is 0.326 e. The molecule has 0 aromatic heterocycles. The Kier molecular flexibility index (Phi) is 7.35. The second-order valence-electron chi connectivity index (χ2n) is 5.19. The summed E-state index contributed by atoms with van der Waals surface area (Å²) >= 11 is 0. The number of aliphatic carboxylic acids is 1.